The van der Waals surface area contributed by atoms with Gasteiger partial charge in [0.25, 0.3) is 5.91 Å². The minimum absolute atomic E-state index is 0.0369. The van der Waals surface area contributed by atoms with E-state index >= 15 is 0 Å². The van der Waals surface area contributed by atoms with Gasteiger partial charge in [-0.15, -0.1) is 0 Å². The number of anilines is 1. The number of nitrogens with zero attached hydrogens (tertiary/aromatic N) is 3. The van der Waals surface area contributed by atoms with E-state index < -0.39 is 0 Å². The van der Waals surface area contributed by atoms with Crippen LogP contribution >= 0.6 is 11.3 Å². The Hall–Kier alpha value is -2.44. The molecular weight excluding hydrogens is 394 g/mol. The van der Waals surface area contributed by atoms with Crippen molar-refractivity contribution in [2.24, 2.45) is 0 Å². The number of fused-ring (bicyclic) bond motifs is 1. The molecule has 6 heteroatoms. The van der Waals surface area contributed by atoms with Gasteiger partial charge < -0.3 is 9.64 Å². The second-order valence-electron chi connectivity index (χ2n) is 7.81. The summed E-state index contributed by atoms with van der Waals surface area (Å²) < 4.78 is 6.88. The first-order valence-corrected chi connectivity index (χ1v) is 11.4. The lowest BCUT2D eigenvalue weighted by atomic mass is 10.2. The molecule has 0 saturated heterocycles. The Balaban J connectivity index is 1.79. The largest absolute Gasteiger partial charge is 0.494 e. The molecule has 0 unspecified atom stereocenters. The molecule has 160 valence electrons. The number of unbranched alkanes of at least 4 members (excludes halogenated alkanes) is 2. The van der Waals surface area contributed by atoms with Gasteiger partial charge in [-0.05, 0) is 69.4 Å². The average Bonchev–Trinajstić information content (AvgIpc) is 3.14. The van der Waals surface area contributed by atoms with E-state index in [1.807, 2.05) is 44.4 Å². The molecule has 3 rings (SSSR count). The van der Waals surface area contributed by atoms with Crippen LogP contribution in [0.25, 0.3) is 10.2 Å². The van der Waals surface area contributed by atoms with Crippen LogP contribution < -0.4 is 9.64 Å². The molecule has 1 heterocycles. The zero-order valence-corrected chi connectivity index (χ0v) is 19.2. The van der Waals surface area contributed by atoms with Crippen LogP contribution in [0.2, 0.25) is 0 Å². The fourth-order valence-electron chi connectivity index (χ4n) is 3.11. The smallest absolute Gasteiger partial charge is 0.260 e. The van der Waals surface area contributed by atoms with E-state index in [0.29, 0.717) is 18.7 Å². The number of benzene rings is 2. The van der Waals surface area contributed by atoms with E-state index in [1.54, 1.807) is 16.2 Å². The van der Waals surface area contributed by atoms with Gasteiger partial charge >= 0.3 is 0 Å². The van der Waals surface area contributed by atoms with E-state index in [2.05, 4.69) is 30.9 Å². The Morgan fingerprint density at radius 3 is 2.53 bits per heavy atom. The summed E-state index contributed by atoms with van der Waals surface area (Å²) in [7, 11) is 4.02. The molecule has 0 spiro atoms. The van der Waals surface area contributed by atoms with Crippen LogP contribution in [-0.2, 0) is 0 Å². The molecule has 2 aromatic carbocycles. The first-order valence-electron chi connectivity index (χ1n) is 10.5. The molecule has 0 radical (unpaired) electrons. The number of likely N-dealkylation sites (N-methyl/N-ethyl adjacent to an activating group) is 1. The summed E-state index contributed by atoms with van der Waals surface area (Å²) in [6.07, 6.45) is 3.39. The van der Waals surface area contributed by atoms with Gasteiger partial charge in [0.15, 0.2) is 5.13 Å². The molecule has 0 fully saturated rings. The normalized spacial score (nSPS) is 11.2. The standard InChI is InChI=1S/C24H31N3O2S/c1-5-6-7-16-29-20-11-9-19(10-12-20)23(28)27(15-14-26(3)4)24-25-21-13-8-18(2)17-22(21)30-24/h8-13,17H,5-7,14-16H2,1-4H3. The molecule has 0 saturated carbocycles. The second-order valence-corrected chi connectivity index (χ2v) is 8.82. The maximum absolute atomic E-state index is 13.3. The number of ether oxygens (including phenoxy) is 1. The fourth-order valence-corrected chi connectivity index (χ4v) is 4.20. The van der Waals surface area contributed by atoms with Gasteiger partial charge in [-0.1, -0.05) is 37.2 Å². The van der Waals surface area contributed by atoms with Crippen LogP contribution in [0.5, 0.6) is 5.75 Å². The lowest BCUT2D eigenvalue weighted by Crippen LogP contribution is -2.36. The Morgan fingerprint density at radius 1 is 1.07 bits per heavy atom. The lowest BCUT2D eigenvalue weighted by molar-refractivity contribution is 0.0985. The highest BCUT2D eigenvalue weighted by Gasteiger charge is 2.21. The zero-order chi connectivity index (χ0) is 21.5. The third-order valence-corrected chi connectivity index (χ3v) is 5.94. The number of rotatable bonds is 10. The number of hydrogen-bond acceptors (Lipinski definition) is 5. The molecule has 5 nitrogen and oxygen atoms in total. The maximum atomic E-state index is 13.3. The van der Waals surface area contributed by atoms with Crippen LogP contribution in [0.15, 0.2) is 42.5 Å². The Bertz CT molecular complexity index is 966. The summed E-state index contributed by atoms with van der Waals surface area (Å²) >= 11 is 1.56. The Morgan fingerprint density at radius 2 is 1.83 bits per heavy atom. The van der Waals surface area contributed by atoms with Gasteiger partial charge in [-0.25, -0.2) is 4.98 Å². The molecule has 0 aliphatic rings. The number of hydrogen-bond donors (Lipinski definition) is 0. The highest BCUT2D eigenvalue weighted by molar-refractivity contribution is 7.22. The highest BCUT2D eigenvalue weighted by atomic mass is 32.1. The summed E-state index contributed by atoms with van der Waals surface area (Å²) in [6.45, 7) is 6.30. The van der Waals surface area contributed by atoms with Gasteiger partial charge in [0.2, 0.25) is 0 Å². The van der Waals surface area contributed by atoms with Gasteiger partial charge in [-0.2, -0.15) is 0 Å². The van der Waals surface area contributed by atoms with E-state index in [4.69, 9.17) is 9.72 Å². The number of amides is 1. The predicted octanol–water partition coefficient (Wildman–Crippen LogP) is 5.38. The summed E-state index contributed by atoms with van der Waals surface area (Å²) in [6, 6.07) is 13.6. The molecule has 0 aliphatic heterocycles. The third kappa shape index (κ3) is 5.80. The SMILES string of the molecule is CCCCCOc1ccc(C(=O)N(CCN(C)C)c2nc3ccc(C)cc3s2)cc1. The van der Waals surface area contributed by atoms with Crippen LogP contribution in [0.1, 0.15) is 42.1 Å². The molecule has 0 atom stereocenters. The van der Waals surface area contributed by atoms with Gasteiger partial charge in [0, 0.05) is 18.7 Å². The van der Waals surface area contributed by atoms with E-state index in [0.717, 1.165) is 34.1 Å². The van der Waals surface area contributed by atoms with Crippen molar-refractivity contribution in [3.05, 3.63) is 53.6 Å². The third-order valence-electron chi connectivity index (χ3n) is 4.90. The van der Waals surface area contributed by atoms with Crippen molar-refractivity contribution in [3.63, 3.8) is 0 Å². The average molecular weight is 426 g/mol. The monoisotopic (exact) mass is 425 g/mol. The van der Waals surface area contributed by atoms with Crippen molar-refractivity contribution in [1.29, 1.82) is 0 Å². The number of carbonyl (C=O) groups excluding carboxylic acids is 1. The van der Waals surface area contributed by atoms with Crippen molar-refractivity contribution >= 4 is 32.6 Å². The van der Waals surface area contributed by atoms with Gasteiger partial charge in [-0.3, -0.25) is 9.69 Å². The van der Waals surface area contributed by atoms with Crippen molar-refractivity contribution in [2.45, 2.75) is 33.1 Å². The summed E-state index contributed by atoms with van der Waals surface area (Å²) in [5.74, 6) is 0.767. The van der Waals surface area contributed by atoms with E-state index in [-0.39, 0.29) is 5.91 Å². The highest BCUT2D eigenvalue weighted by Crippen LogP contribution is 2.30. The molecule has 0 N–H and O–H groups in total. The summed E-state index contributed by atoms with van der Waals surface area (Å²) in [5.41, 5.74) is 2.77. The van der Waals surface area contributed by atoms with Crippen molar-refractivity contribution in [1.82, 2.24) is 9.88 Å². The number of aryl methyl sites for hydroxylation is 1. The van der Waals surface area contributed by atoms with Crippen LogP contribution in [0, 0.1) is 6.92 Å². The molecule has 30 heavy (non-hydrogen) atoms. The van der Waals surface area contributed by atoms with Gasteiger partial charge in [0.1, 0.15) is 5.75 Å². The number of thiazole rings is 1. The molecule has 0 aliphatic carbocycles. The number of carbonyl (C=O) groups is 1. The second kappa shape index (κ2) is 10.5. The first-order chi connectivity index (χ1) is 14.5. The maximum Gasteiger partial charge on any atom is 0.260 e. The molecule has 3 aromatic rings. The van der Waals surface area contributed by atoms with Crippen molar-refractivity contribution < 1.29 is 9.53 Å². The van der Waals surface area contributed by atoms with Crippen LogP contribution in [0.3, 0.4) is 0 Å². The van der Waals surface area contributed by atoms with Crippen molar-refractivity contribution in [2.75, 3.05) is 38.7 Å². The Kier molecular flexibility index (Phi) is 7.82. The van der Waals surface area contributed by atoms with Gasteiger partial charge in [0.05, 0.1) is 16.8 Å². The topological polar surface area (TPSA) is 45.7 Å². The van der Waals surface area contributed by atoms with Crippen LogP contribution in [0.4, 0.5) is 5.13 Å². The fraction of sp³-hybridized carbons (Fsp3) is 0.417. The molecule has 0 bridgehead atoms. The molecule has 1 amide bonds. The lowest BCUT2D eigenvalue weighted by Gasteiger charge is -2.22. The first kappa shape index (κ1) is 22.2. The number of aromatic nitrogens is 1. The Labute approximate surface area is 183 Å². The molecule has 1 aromatic heterocycles. The van der Waals surface area contributed by atoms with E-state index in [1.165, 1.54) is 18.4 Å². The summed E-state index contributed by atoms with van der Waals surface area (Å²) in [5, 5.41) is 0.738. The zero-order valence-electron chi connectivity index (χ0n) is 18.4. The summed E-state index contributed by atoms with van der Waals surface area (Å²) in [4.78, 5) is 21.9. The predicted molar refractivity (Wildman–Crippen MR) is 126 cm³/mol. The minimum atomic E-state index is -0.0369. The van der Waals surface area contributed by atoms with Crippen molar-refractivity contribution in [3.8, 4) is 5.75 Å². The van der Waals surface area contributed by atoms with E-state index in [9.17, 15) is 4.79 Å². The van der Waals surface area contributed by atoms with Crippen LogP contribution in [-0.4, -0.2) is 49.6 Å². The quantitative estimate of drug-likeness (QED) is 0.409. The minimum Gasteiger partial charge on any atom is -0.494 e. The molecular formula is C24H31N3O2S.